The lowest BCUT2D eigenvalue weighted by atomic mass is 10.1. The molecule has 0 heterocycles. The minimum Gasteiger partial charge on any atom is -0.294 e. The molecule has 0 bridgehead atoms. The van der Waals surface area contributed by atoms with Gasteiger partial charge in [0.2, 0.25) is 0 Å². The first kappa shape index (κ1) is 17.7. The molecule has 0 fully saturated rings. The number of benzene rings is 2. The zero-order valence-corrected chi connectivity index (χ0v) is 13.7. The van der Waals surface area contributed by atoms with Gasteiger partial charge in [-0.2, -0.15) is 0 Å². The van der Waals surface area contributed by atoms with Crippen LogP contribution in [0.5, 0.6) is 0 Å². The predicted molar refractivity (Wildman–Crippen MR) is 86.4 cm³/mol. The maximum atomic E-state index is 13.1. The molecule has 2 aromatic carbocycles. The molecule has 0 aliphatic carbocycles. The molecule has 0 amide bonds. The Morgan fingerprint density at radius 3 is 2.00 bits per heavy atom. The summed E-state index contributed by atoms with van der Waals surface area (Å²) in [7, 11) is 0. The van der Waals surface area contributed by atoms with Gasteiger partial charge in [0, 0.05) is 9.79 Å². The standard InChI is InChI=1S/C9H9FOS.C7H7FS/c1-6(11)8-4-3-7(12-2)5-9(8)10;1-9-7-4-2-3-6(8)5-7/h3-5H,1-2H3;2-5H,1H3. The van der Waals surface area contributed by atoms with E-state index >= 15 is 0 Å². The van der Waals surface area contributed by atoms with Gasteiger partial charge >= 0.3 is 0 Å². The van der Waals surface area contributed by atoms with Crippen molar-refractivity contribution in [2.24, 2.45) is 0 Å². The van der Waals surface area contributed by atoms with E-state index in [1.165, 1.54) is 43.0 Å². The van der Waals surface area contributed by atoms with E-state index in [0.29, 0.717) is 0 Å². The van der Waals surface area contributed by atoms with Crippen molar-refractivity contribution in [1.29, 1.82) is 0 Å². The molecule has 0 spiro atoms. The normalized spacial score (nSPS) is 9.76. The lowest BCUT2D eigenvalue weighted by Gasteiger charge is -2.00. The third kappa shape index (κ3) is 5.89. The van der Waals surface area contributed by atoms with E-state index in [9.17, 15) is 13.6 Å². The van der Waals surface area contributed by atoms with E-state index in [1.54, 1.807) is 23.9 Å². The summed E-state index contributed by atoms with van der Waals surface area (Å²) in [5.74, 6) is -0.837. The van der Waals surface area contributed by atoms with Crippen LogP contribution in [0.25, 0.3) is 0 Å². The molecule has 0 radical (unpaired) electrons. The molecular weight excluding hydrogens is 310 g/mol. The lowest BCUT2D eigenvalue weighted by Crippen LogP contribution is -1.96. The fourth-order valence-corrected chi connectivity index (χ4v) is 2.37. The van der Waals surface area contributed by atoms with Crippen LogP contribution in [0.15, 0.2) is 52.3 Å². The summed E-state index contributed by atoms with van der Waals surface area (Å²) >= 11 is 3.00. The average Bonchev–Trinajstić information content (AvgIpc) is 2.47. The highest BCUT2D eigenvalue weighted by Gasteiger charge is 2.06. The van der Waals surface area contributed by atoms with Crippen molar-refractivity contribution >= 4 is 29.3 Å². The minimum atomic E-state index is -0.436. The number of rotatable bonds is 3. The highest BCUT2D eigenvalue weighted by Crippen LogP contribution is 2.18. The van der Waals surface area contributed by atoms with Crippen molar-refractivity contribution in [1.82, 2.24) is 0 Å². The largest absolute Gasteiger partial charge is 0.294 e. The summed E-state index contributed by atoms with van der Waals surface area (Å²) in [6.45, 7) is 1.36. The quantitative estimate of drug-likeness (QED) is 0.563. The van der Waals surface area contributed by atoms with Crippen molar-refractivity contribution in [3.8, 4) is 0 Å². The van der Waals surface area contributed by atoms with Crippen LogP contribution in [0.1, 0.15) is 17.3 Å². The zero-order chi connectivity index (χ0) is 15.8. The van der Waals surface area contributed by atoms with Crippen LogP contribution in [-0.4, -0.2) is 18.3 Å². The Bertz CT molecular complexity index is 615. The van der Waals surface area contributed by atoms with Crippen molar-refractivity contribution < 1.29 is 13.6 Å². The van der Waals surface area contributed by atoms with Crippen LogP contribution in [0.3, 0.4) is 0 Å². The molecule has 0 N–H and O–H groups in total. The number of thioether (sulfide) groups is 2. The van der Waals surface area contributed by atoms with Gasteiger partial charge in [-0.1, -0.05) is 6.07 Å². The van der Waals surface area contributed by atoms with Crippen LogP contribution in [0.4, 0.5) is 8.78 Å². The lowest BCUT2D eigenvalue weighted by molar-refractivity contribution is 0.101. The summed E-state index contributed by atoms with van der Waals surface area (Å²) in [6, 6.07) is 11.2. The summed E-state index contributed by atoms with van der Waals surface area (Å²) in [5.41, 5.74) is 0.160. The monoisotopic (exact) mass is 326 g/mol. The number of Topliss-reactive ketones (excluding diaryl/α,β-unsaturated/α-hetero) is 1. The number of halogens is 2. The first-order chi connectivity index (χ1) is 9.97. The van der Waals surface area contributed by atoms with Gasteiger partial charge in [0.25, 0.3) is 0 Å². The van der Waals surface area contributed by atoms with Crippen LogP contribution >= 0.6 is 23.5 Å². The SMILES string of the molecule is CSc1ccc(C(C)=O)c(F)c1.CSc1cccc(F)c1. The zero-order valence-electron chi connectivity index (χ0n) is 12.0. The van der Waals surface area contributed by atoms with Crippen molar-refractivity contribution in [3.05, 3.63) is 59.7 Å². The molecule has 2 rings (SSSR count). The van der Waals surface area contributed by atoms with Gasteiger partial charge in [0.15, 0.2) is 5.78 Å². The Hall–Kier alpha value is -1.33. The van der Waals surface area contributed by atoms with Crippen LogP contribution in [0, 0.1) is 11.6 Å². The second-order valence-corrected chi connectivity index (χ2v) is 5.82. The predicted octanol–water partition coefficient (Wildman–Crippen LogP) is 5.30. The summed E-state index contributed by atoms with van der Waals surface area (Å²) < 4.78 is 25.4. The van der Waals surface area contributed by atoms with Crippen molar-refractivity contribution in [2.75, 3.05) is 12.5 Å². The molecule has 21 heavy (non-hydrogen) atoms. The molecule has 0 aromatic heterocycles. The smallest absolute Gasteiger partial charge is 0.162 e. The van der Waals surface area contributed by atoms with E-state index in [-0.39, 0.29) is 17.2 Å². The maximum Gasteiger partial charge on any atom is 0.162 e. The van der Waals surface area contributed by atoms with E-state index in [2.05, 4.69) is 0 Å². The van der Waals surface area contributed by atoms with E-state index in [4.69, 9.17) is 0 Å². The molecule has 112 valence electrons. The first-order valence-corrected chi connectivity index (χ1v) is 8.57. The third-order valence-electron chi connectivity index (χ3n) is 2.59. The van der Waals surface area contributed by atoms with Gasteiger partial charge < -0.3 is 0 Å². The Kier molecular flexibility index (Phi) is 7.47. The van der Waals surface area contributed by atoms with E-state index < -0.39 is 5.82 Å². The topological polar surface area (TPSA) is 17.1 Å². The third-order valence-corrected chi connectivity index (χ3v) is 4.04. The summed E-state index contributed by atoms with van der Waals surface area (Å²) in [5, 5.41) is 0. The molecule has 0 unspecified atom stereocenters. The Balaban J connectivity index is 0.000000219. The van der Waals surface area contributed by atoms with Crippen LogP contribution in [-0.2, 0) is 0 Å². The number of hydrogen-bond donors (Lipinski definition) is 0. The Morgan fingerprint density at radius 1 is 0.952 bits per heavy atom. The summed E-state index contributed by atoms with van der Waals surface area (Å²) in [4.78, 5) is 12.6. The molecule has 5 heteroatoms. The Labute approximate surface area is 132 Å². The van der Waals surface area contributed by atoms with Gasteiger partial charge in [-0.25, -0.2) is 8.78 Å². The molecular formula is C16H16F2OS2. The fourth-order valence-electron chi connectivity index (χ4n) is 1.50. The molecule has 0 aliphatic rings. The van der Waals surface area contributed by atoms with Gasteiger partial charge in [-0.05, 0) is 55.8 Å². The molecule has 2 aromatic rings. The average molecular weight is 326 g/mol. The van der Waals surface area contributed by atoms with Crippen molar-refractivity contribution in [2.45, 2.75) is 16.7 Å². The molecule has 0 aliphatic heterocycles. The highest BCUT2D eigenvalue weighted by molar-refractivity contribution is 7.98. The highest BCUT2D eigenvalue weighted by atomic mass is 32.2. The van der Waals surface area contributed by atoms with Gasteiger partial charge in [-0.15, -0.1) is 23.5 Å². The van der Waals surface area contributed by atoms with Crippen molar-refractivity contribution in [3.63, 3.8) is 0 Å². The van der Waals surface area contributed by atoms with Gasteiger partial charge in [-0.3, -0.25) is 4.79 Å². The van der Waals surface area contributed by atoms with Crippen LogP contribution in [0.2, 0.25) is 0 Å². The molecule has 0 saturated heterocycles. The molecule has 0 atom stereocenters. The molecule has 0 saturated carbocycles. The fraction of sp³-hybridized carbons (Fsp3) is 0.188. The van der Waals surface area contributed by atoms with Crippen LogP contribution < -0.4 is 0 Å². The second kappa shape index (κ2) is 8.85. The van der Waals surface area contributed by atoms with Gasteiger partial charge in [0.1, 0.15) is 11.6 Å². The Morgan fingerprint density at radius 2 is 1.57 bits per heavy atom. The second-order valence-electron chi connectivity index (χ2n) is 4.06. The number of ketones is 1. The first-order valence-electron chi connectivity index (χ1n) is 6.12. The molecule has 1 nitrogen and oxygen atoms in total. The summed E-state index contributed by atoms with van der Waals surface area (Å²) in [6.07, 6.45) is 3.79. The van der Waals surface area contributed by atoms with Gasteiger partial charge in [0.05, 0.1) is 5.56 Å². The minimum absolute atomic E-state index is 0.160. The maximum absolute atomic E-state index is 13.1. The van der Waals surface area contributed by atoms with E-state index in [1.807, 2.05) is 18.6 Å². The number of hydrogen-bond acceptors (Lipinski definition) is 3. The number of carbonyl (C=O) groups excluding carboxylic acids is 1. The van der Waals surface area contributed by atoms with E-state index in [0.717, 1.165) is 9.79 Å². The number of carbonyl (C=O) groups is 1.